The van der Waals surface area contributed by atoms with E-state index in [1.807, 2.05) is 0 Å². The van der Waals surface area contributed by atoms with E-state index in [1.54, 1.807) is 28.7 Å². The lowest BCUT2D eigenvalue weighted by Crippen LogP contribution is -2.19. The van der Waals surface area contributed by atoms with E-state index in [2.05, 4.69) is 9.97 Å². The van der Waals surface area contributed by atoms with Gasteiger partial charge in [0.15, 0.2) is 10.4 Å². The van der Waals surface area contributed by atoms with Crippen LogP contribution in [0.25, 0.3) is 15.9 Å². The van der Waals surface area contributed by atoms with Crippen LogP contribution in [0.1, 0.15) is 39.6 Å². The first-order valence-corrected chi connectivity index (χ1v) is 10.2. The predicted octanol–water partition coefficient (Wildman–Crippen LogP) is 2.83. The van der Waals surface area contributed by atoms with E-state index < -0.39 is 5.97 Å². The maximum atomic E-state index is 12.6. The number of H-pyrrole nitrogens is 1. The summed E-state index contributed by atoms with van der Waals surface area (Å²) in [6.07, 6.45) is 4.07. The van der Waals surface area contributed by atoms with Crippen LogP contribution >= 0.6 is 11.3 Å². The molecule has 0 atom stereocenters. The molecule has 1 aliphatic rings. The summed E-state index contributed by atoms with van der Waals surface area (Å²) in [6, 6.07) is 9.59. The largest absolute Gasteiger partial charge is 0.455 e. The number of hydrogen-bond acceptors (Lipinski definition) is 6. The summed E-state index contributed by atoms with van der Waals surface area (Å²) in [7, 11) is 0. The van der Waals surface area contributed by atoms with E-state index in [-0.39, 0.29) is 23.3 Å². The molecule has 0 bridgehead atoms. The molecule has 1 aromatic carbocycles. The van der Waals surface area contributed by atoms with Crippen LogP contribution in [0.3, 0.4) is 0 Å². The van der Waals surface area contributed by atoms with Crippen LogP contribution in [0.5, 0.6) is 0 Å². The third kappa shape index (κ3) is 3.15. The first-order valence-electron chi connectivity index (χ1n) is 9.42. The number of esters is 1. The number of aryl methyl sites for hydroxylation is 2. The topological polar surface area (TPSA) is 93.5 Å². The molecule has 0 unspecified atom stereocenters. The van der Waals surface area contributed by atoms with Crippen molar-refractivity contribution in [3.63, 3.8) is 0 Å². The molecule has 0 amide bonds. The number of fused-ring (bicyclic) bond motifs is 4. The number of hydrogen-bond donors (Lipinski definition) is 1. The van der Waals surface area contributed by atoms with Crippen molar-refractivity contribution in [2.45, 2.75) is 32.3 Å². The van der Waals surface area contributed by atoms with Crippen molar-refractivity contribution >= 4 is 33.2 Å². The second-order valence-corrected chi connectivity index (χ2v) is 8.11. The zero-order valence-electron chi connectivity index (χ0n) is 15.4. The number of aromatic amines is 1. The van der Waals surface area contributed by atoms with Gasteiger partial charge in [-0.2, -0.15) is 0 Å². The Morgan fingerprint density at radius 2 is 2.00 bits per heavy atom. The third-order valence-electron chi connectivity index (χ3n) is 5.12. The Morgan fingerprint density at radius 1 is 1.17 bits per heavy atom. The summed E-state index contributed by atoms with van der Waals surface area (Å²) in [4.78, 5) is 46.5. The van der Waals surface area contributed by atoms with Crippen molar-refractivity contribution in [2.24, 2.45) is 0 Å². The van der Waals surface area contributed by atoms with Gasteiger partial charge in [-0.1, -0.05) is 12.1 Å². The van der Waals surface area contributed by atoms with Crippen LogP contribution in [-0.4, -0.2) is 20.3 Å². The van der Waals surface area contributed by atoms with Gasteiger partial charge in [-0.3, -0.25) is 14.0 Å². The molecule has 0 saturated carbocycles. The number of aromatic nitrogens is 3. The Labute approximate surface area is 168 Å². The fraction of sp³-hybridized carbons (Fsp3) is 0.238. The van der Waals surface area contributed by atoms with Gasteiger partial charge in [-0.05, 0) is 37.8 Å². The van der Waals surface area contributed by atoms with Gasteiger partial charge in [0.05, 0.1) is 5.69 Å². The number of ether oxygens (including phenoxy) is 1. The number of carbonyl (C=O) groups is 1. The standard InChI is InChI=1S/C21H17N3O4S/c25-17-10-15(23-14-6-2-1-5-13(14)17)20(27)28-11-12-9-19(26)24-16-7-3-4-8-18(16)29-21(24)22-12/h1-2,5-6,9-10H,3-4,7-8,11H2,(H,23,25). The Morgan fingerprint density at radius 3 is 2.90 bits per heavy atom. The fourth-order valence-electron chi connectivity index (χ4n) is 3.74. The Kier molecular flexibility index (Phi) is 4.28. The van der Waals surface area contributed by atoms with E-state index in [1.165, 1.54) is 28.3 Å². The molecule has 1 N–H and O–H groups in total. The van der Waals surface area contributed by atoms with Gasteiger partial charge >= 0.3 is 5.97 Å². The first-order chi connectivity index (χ1) is 14.1. The molecular weight excluding hydrogens is 390 g/mol. The van der Waals surface area contributed by atoms with Crippen molar-refractivity contribution < 1.29 is 9.53 Å². The molecule has 8 heteroatoms. The van der Waals surface area contributed by atoms with E-state index >= 15 is 0 Å². The highest BCUT2D eigenvalue weighted by atomic mass is 32.1. The van der Waals surface area contributed by atoms with Crippen molar-refractivity contribution in [3.05, 3.63) is 78.9 Å². The van der Waals surface area contributed by atoms with Crippen LogP contribution in [0.4, 0.5) is 0 Å². The van der Waals surface area contributed by atoms with Crippen LogP contribution in [-0.2, 0) is 24.2 Å². The molecule has 0 aliphatic heterocycles. The average Bonchev–Trinajstić information content (AvgIpc) is 3.11. The van der Waals surface area contributed by atoms with Crippen LogP contribution in [0, 0.1) is 0 Å². The van der Waals surface area contributed by atoms with Gasteiger partial charge in [0.1, 0.15) is 12.3 Å². The van der Waals surface area contributed by atoms with Crippen molar-refractivity contribution in [1.29, 1.82) is 0 Å². The second kappa shape index (κ2) is 6.97. The van der Waals surface area contributed by atoms with Gasteiger partial charge in [0, 0.05) is 33.6 Å². The van der Waals surface area contributed by atoms with E-state index in [0.29, 0.717) is 21.6 Å². The zero-order valence-corrected chi connectivity index (χ0v) is 16.3. The van der Waals surface area contributed by atoms with Crippen molar-refractivity contribution in [3.8, 4) is 0 Å². The summed E-state index contributed by atoms with van der Waals surface area (Å²) in [5, 5.41) is 0.505. The summed E-state index contributed by atoms with van der Waals surface area (Å²) >= 11 is 1.53. The smallest absolute Gasteiger partial charge is 0.355 e. The highest BCUT2D eigenvalue weighted by Gasteiger charge is 2.19. The molecule has 1 aliphatic carbocycles. The molecule has 146 valence electrons. The molecule has 0 fully saturated rings. The van der Waals surface area contributed by atoms with Gasteiger partial charge in [-0.15, -0.1) is 11.3 Å². The lowest BCUT2D eigenvalue weighted by Gasteiger charge is -2.10. The van der Waals surface area contributed by atoms with E-state index in [9.17, 15) is 14.4 Å². The Hall–Kier alpha value is -3.26. The van der Waals surface area contributed by atoms with Crippen LogP contribution in [0.15, 0.2) is 46.0 Å². The number of para-hydroxylation sites is 1. The minimum Gasteiger partial charge on any atom is -0.455 e. The highest BCUT2D eigenvalue weighted by molar-refractivity contribution is 7.17. The average molecular weight is 407 g/mol. The Bertz CT molecular complexity index is 1380. The number of carbonyl (C=O) groups excluding carboxylic acids is 1. The van der Waals surface area contributed by atoms with Gasteiger partial charge < -0.3 is 9.72 Å². The molecule has 0 radical (unpaired) electrons. The number of benzene rings is 1. The zero-order chi connectivity index (χ0) is 20.0. The molecule has 3 aromatic heterocycles. The fourth-order valence-corrected chi connectivity index (χ4v) is 4.97. The molecule has 29 heavy (non-hydrogen) atoms. The molecule has 0 spiro atoms. The first kappa shape index (κ1) is 17.8. The minimum atomic E-state index is -0.666. The van der Waals surface area contributed by atoms with Crippen LogP contribution in [0.2, 0.25) is 0 Å². The van der Waals surface area contributed by atoms with Gasteiger partial charge in [0.2, 0.25) is 0 Å². The minimum absolute atomic E-state index is 0.0677. The highest BCUT2D eigenvalue weighted by Crippen LogP contribution is 2.28. The molecule has 4 aromatic rings. The second-order valence-electron chi connectivity index (χ2n) is 7.05. The van der Waals surface area contributed by atoms with Crippen LogP contribution < -0.4 is 11.0 Å². The number of nitrogens with one attached hydrogen (secondary N) is 1. The number of rotatable bonds is 3. The molecule has 3 heterocycles. The lowest BCUT2D eigenvalue weighted by atomic mass is 10.0. The molecule has 7 nitrogen and oxygen atoms in total. The quantitative estimate of drug-likeness (QED) is 0.527. The number of pyridine rings is 1. The number of thiazole rings is 1. The summed E-state index contributed by atoms with van der Waals surface area (Å²) < 4.78 is 6.98. The Balaban J connectivity index is 1.41. The number of nitrogens with zero attached hydrogens (tertiary/aromatic N) is 2. The molecular formula is C21H17N3O4S. The summed E-state index contributed by atoms with van der Waals surface area (Å²) in [6.45, 7) is -0.137. The van der Waals surface area contributed by atoms with E-state index in [4.69, 9.17) is 4.74 Å². The maximum Gasteiger partial charge on any atom is 0.355 e. The predicted molar refractivity (Wildman–Crippen MR) is 110 cm³/mol. The SMILES string of the molecule is O=C(OCc1cc(=O)n2c3c(sc2n1)CCCC3)c1cc(=O)c2ccccc2[nH]1. The van der Waals surface area contributed by atoms with Gasteiger partial charge in [0.25, 0.3) is 5.56 Å². The van der Waals surface area contributed by atoms with Crippen molar-refractivity contribution in [1.82, 2.24) is 14.4 Å². The molecule has 0 saturated heterocycles. The van der Waals surface area contributed by atoms with Gasteiger partial charge in [-0.25, -0.2) is 9.78 Å². The lowest BCUT2D eigenvalue weighted by molar-refractivity contribution is 0.0461. The monoisotopic (exact) mass is 407 g/mol. The third-order valence-corrected chi connectivity index (χ3v) is 6.27. The summed E-state index contributed by atoms with van der Waals surface area (Å²) in [5.41, 5.74) is 1.68. The molecule has 5 rings (SSSR count). The van der Waals surface area contributed by atoms with E-state index in [0.717, 1.165) is 31.4 Å². The van der Waals surface area contributed by atoms with Crippen molar-refractivity contribution in [2.75, 3.05) is 0 Å². The normalized spacial score (nSPS) is 13.5. The maximum absolute atomic E-state index is 12.6. The summed E-state index contributed by atoms with van der Waals surface area (Å²) in [5.74, 6) is -0.666.